The molecule has 0 aliphatic heterocycles. The Hall–Kier alpha value is -3.57. The van der Waals surface area contributed by atoms with Gasteiger partial charge in [-0.15, -0.1) is 0 Å². The van der Waals surface area contributed by atoms with Crippen molar-refractivity contribution in [2.75, 3.05) is 17.4 Å². The standard InChI is InChI=1S/C29H31ClF3N3O4S/c1-3-4-17-34-28(38)21(2)35(19-22-11-7-5-8-12-22)27(37)20-36(41(39,40)24-13-9-6-10-14-24)26-18-23(29(31,32)33)15-16-25(26)30/h5-16,18,21H,3-4,17,19-20H2,1-2H3,(H,34,38)/t21-/m0/s1. The Morgan fingerprint density at radius 1 is 0.976 bits per heavy atom. The molecular formula is C29H31ClF3N3O4S. The van der Waals surface area contributed by atoms with E-state index < -0.39 is 51.9 Å². The number of hydrogen-bond acceptors (Lipinski definition) is 4. The Morgan fingerprint density at radius 2 is 1.59 bits per heavy atom. The van der Waals surface area contributed by atoms with E-state index in [9.17, 15) is 31.2 Å². The van der Waals surface area contributed by atoms with Crippen molar-refractivity contribution in [1.82, 2.24) is 10.2 Å². The third kappa shape index (κ3) is 8.23. The monoisotopic (exact) mass is 609 g/mol. The number of amides is 2. The van der Waals surface area contributed by atoms with Crippen molar-refractivity contribution >= 4 is 39.1 Å². The summed E-state index contributed by atoms with van der Waals surface area (Å²) in [7, 11) is -4.57. The van der Waals surface area contributed by atoms with Crippen LogP contribution in [-0.4, -0.2) is 44.3 Å². The van der Waals surface area contributed by atoms with Gasteiger partial charge in [-0.05, 0) is 49.2 Å². The van der Waals surface area contributed by atoms with Crippen LogP contribution in [0.1, 0.15) is 37.8 Å². The molecule has 0 heterocycles. The van der Waals surface area contributed by atoms with E-state index in [0.29, 0.717) is 22.5 Å². The van der Waals surface area contributed by atoms with Gasteiger partial charge >= 0.3 is 6.18 Å². The molecule has 2 amide bonds. The first-order chi connectivity index (χ1) is 19.4. The van der Waals surface area contributed by atoms with Crippen LogP contribution in [0.5, 0.6) is 0 Å². The van der Waals surface area contributed by atoms with E-state index in [1.54, 1.807) is 36.4 Å². The van der Waals surface area contributed by atoms with Gasteiger partial charge in [0.2, 0.25) is 11.8 Å². The Balaban J connectivity index is 2.08. The smallest absolute Gasteiger partial charge is 0.354 e. The van der Waals surface area contributed by atoms with Gasteiger partial charge in [-0.3, -0.25) is 13.9 Å². The van der Waals surface area contributed by atoms with Crippen molar-refractivity contribution in [3.63, 3.8) is 0 Å². The highest BCUT2D eigenvalue weighted by molar-refractivity contribution is 7.92. The van der Waals surface area contributed by atoms with Gasteiger partial charge in [-0.1, -0.05) is 73.5 Å². The van der Waals surface area contributed by atoms with E-state index in [2.05, 4.69) is 5.32 Å². The molecule has 0 aliphatic carbocycles. The minimum Gasteiger partial charge on any atom is -0.354 e. The SMILES string of the molecule is CCCCNC(=O)[C@H](C)N(Cc1ccccc1)C(=O)CN(c1cc(C(F)(F)F)ccc1Cl)S(=O)(=O)c1ccccc1. The molecule has 0 saturated carbocycles. The first kappa shape index (κ1) is 32.0. The van der Waals surface area contributed by atoms with Crippen LogP contribution < -0.4 is 9.62 Å². The van der Waals surface area contributed by atoms with Crippen LogP contribution in [0.15, 0.2) is 83.8 Å². The summed E-state index contributed by atoms with van der Waals surface area (Å²) in [5.74, 6) is -1.25. The molecular weight excluding hydrogens is 579 g/mol. The molecule has 7 nitrogen and oxygen atoms in total. The Labute approximate surface area is 243 Å². The third-order valence-electron chi connectivity index (χ3n) is 6.34. The lowest BCUT2D eigenvalue weighted by atomic mass is 10.1. The Morgan fingerprint density at radius 3 is 2.17 bits per heavy atom. The van der Waals surface area contributed by atoms with Crippen molar-refractivity contribution in [2.45, 2.75) is 50.3 Å². The van der Waals surface area contributed by atoms with Gasteiger partial charge in [0.05, 0.1) is 21.2 Å². The maximum Gasteiger partial charge on any atom is 0.416 e. The zero-order valence-corrected chi connectivity index (χ0v) is 24.1. The number of hydrogen-bond donors (Lipinski definition) is 1. The van der Waals surface area contributed by atoms with Crippen LogP contribution in [0.25, 0.3) is 0 Å². The summed E-state index contributed by atoms with van der Waals surface area (Å²) in [6.45, 7) is 2.91. The second kappa shape index (κ2) is 13.9. The number of anilines is 1. The zero-order valence-electron chi connectivity index (χ0n) is 22.6. The fourth-order valence-electron chi connectivity index (χ4n) is 4.01. The molecule has 0 saturated heterocycles. The molecule has 0 unspecified atom stereocenters. The number of carbonyl (C=O) groups is 2. The summed E-state index contributed by atoms with van der Waals surface area (Å²) in [4.78, 5) is 27.8. The van der Waals surface area contributed by atoms with Crippen LogP contribution in [0.3, 0.4) is 0 Å². The number of unbranched alkanes of at least 4 members (excludes halogenated alkanes) is 1. The van der Waals surface area contributed by atoms with E-state index in [-0.39, 0.29) is 16.5 Å². The molecule has 41 heavy (non-hydrogen) atoms. The van der Waals surface area contributed by atoms with Crippen LogP contribution in [0.2, 0.25) is 5.02 Å². The predicted molar refractivity (Wildman–Crippen MR) is 152 cm³/mol. The van der Waals surface area contributed by atoms with Crippen molar-refractivity contribution in [3.8, 4) is 0 Å². The number of nitrogens with one attached hydrogen (secondary N) is 1. The van der Waals surface area contributed by atoms with Crippen molar-refractivity contribution < 1.29 is 31.2 Å². The van der Waals surface area contributed by atoms with Crippen molar-refractivity contribution in [3.05, 3.63) is 95.0 Å². The van der Waals surface area contributed by atoms with E-state index in [0.717, 1.165) is 25.0 Å². The first-order valence-electron chi connectivity index (χ1n) is 12.9. The number of sulfonamides is 1. The number of halogens is 4. The highest BCUT2D eigenvalue weighted by Gasteiger charge is 2.36. The summed E-state index contributed by atoms with van der Waals surface area (Å²) in [6.07, 6.45) is -3.23. The second-order valence-electron chi connectivity index (χ2n) is 9.32. The molecule has 12 heteroatoms. The summed E-state index contributed by atoms with van der Waals surface area (Å²) in [5, 5.41) is 2.47. The quantitative estimate of drug-likeness (QED) is 0.260. The molecule has 0 aliphatic rings. The Kier molecular flexibility index (Phi) is 10.8. The van der Waals surface area contributed by atoms with Gasteiger partial charge in [0.1, 0.15) is 12.6 Å². The zero-order chi connectivity index (χ0) is 30.2. The fraction of sp³-hybridized carbons (Fsp3) is 0.310. The van der Waals surface area contributed by atoms with Gasteiger partial charge in [0.15, 0.2) is 0 Å². The fourth-order valence-corrected chi connectivity index (χ4v) is 5.73. The maximum atomic E-state index is 13.9. The van der Waals surface area contributed by atoms with Crippen molar-refractivity contribution in [2.24, 2.45) is 0 Å². The van der Waals surface area contributed by atoms with Gasteiger partial charge in [0.25, 0.3) is 10.0 Å². The van der Waals surface area contributed by atoms with Crippen LogP contribution in [-0.2, 0) is 32.3 Å². The molecule has 0 fully saturated rings. The number of benzene rings is 3. The minimum atomic E-state index is -4.80. The van der Waals surface area contributed by atoms with E-state index in [4.69, 9.17) is 11.6 Å². The average molecular weight is 610 g/mol. The number of rotatable bonds is 12. The number of alkyl halides is 3. The lowest BCUT2D eigenvalue weighted by Crippen LogP contribution is -2.51. The maximum absolute atomic E-state index is 13.9. The lowest BCUT2D eigenvalue weighted by molar-refractivity contribution is -0.139. The summed E-state index contributed by atoms with van der Waals surface area (Å²) in [5.41, 5.74) is -0.982. The highest BCUT2D eigenvalue weighted by atomic mass is 35.5. The molecule has 3 aromatic carbocycles. The average Bonchev–Trinajstić information content (AvgIpc) is 2.95. The van der Waals surface area contributed by atoms with Gasteiger partial charge in [-0.25, -0.2) is 8.42 Å². The summed E-state index contributed by atoms with van der Waals surface area (Å²) >= 11 is 6.25. The molecule has 1 N–H and O–H groups in total. The van der Waals surface area contributed by atoms with E-state index in [1.807, 2.05) is 6.92 Å². The molecule has 0 bridgehead atoms. The van der Waals surface area contributed by atoms with Crippen LogP contribution in [0.4, 0.5) is 18.9 Å². The second-order valence-corrected chi connectivity index (χ2v) is 11.6. The predicted octanol–water partition coefficient (Wildman–Crippen LogP) is 5.89. The molecule has 0 spiro atoms. The highest BCUT2D eigenvalue weighted by Crippen LogP contribution is 2.37. The lowest BCUT2D eigenvalue weighted by Gasteiger charge is -2.32. The summed E-state index contributed by atoms with van der Waals surface area (Å²) in [6, 6.07) is 17.0. The molecule has 3 aromatic rings. The van der Waals surface area contributed by atoms with Gasteiger partial charge in [0, 0.05) is 13.1 Å². The molecule has 1 atom stereocenters. The Bertz CT molecular complexity index is 1440. The minimum absolute atomic E-state index is 0.0441. The normalized spacial score (nSPS) is 12.4. The number of carbonyl (C=O) groups excluding carboxylic acids is 2. The van der Waals surface area contributed by atoms with Crippen LogP contribution in [0, 0.1) is 0 Å². The molecule has 220 valence electrons. The van der Waals surface area contributed by atoms with E-state index in [1.165, 1.54) is 36.1 Å². The molecule has 0 radical (unpaired) electrons. The van der Waals surface area contributed by atoms with Gasteiger partial charge in [-0.2, -0.15) is 13.2 Å². The van der Waals surface area contributed by atoms with Crippen LogP contribution >= 0.6 is 11.6 Å². The van der Waals surface area contributed by atoms with Gasteiger partial charge < -0.3 is 10.2 Å². The van der Waals surface area contributed by atoms with Crippen molar-refractivity contribution in [1.29, 1.82) is 0 Å². The third-order valence-corrected chi connectivity index (χ3v) is 8.44. The summed E-state index contributed by atoms with van der Waals surface area (Å²) < 4.78 is 68.9. The number of nitrogens with zero attached hydrogens (tertiary/aromatic N) is 2. The molecule has 0 aromatic heterocycles. The topological polar surface area (TPSA) is 86.8 Å². The largest absolute Gasteiger partial charge is 0.416 e. The molecule has 3 rings (SSSR count). The first-order valence-corrected chi connectivity index (χ1v) is 14.7. The van der Waals surface area contributed by atoms with E-state index >= 15 is 0 Å².